The van der Waals surface area contributed by atoms with Gasteiger partial charge in [0, 0.05) is 29.8 Å². The maximum atomic E-state index is 12.2. The molecule has 0 N–H and O–H groups in total. The minimum absolute atomic E-state index is 0.200. The van der Waals surface area contributed by atoms with E-state index < -0.39 is 0 Å². The molecule has 0 unspecified atom stereocenters. The van der Waals surface area contributed by atoms with Crippen LogP contribution in [0.4, 0.5) is 0 Å². The lowest BCUT2D eigenvalue weighted by Gasteiger charge is -2.35. The molecule has 2 aromatic rings. The summed E-state index contributed by atoms with van der Waals surface area (Å²) >= 11 is 3.45. The number of ether oxygens (including phenoxy) is 2. The third-order valence-electron chi connectivity index (χ3n) is 5.61. The Bertz CT molecular complexity index is 819. The molecular formula is C23H27BrN2O4. The van der Waals surface area contributed by atoms with E-state index in [2.05, 4.69) is 20.9 Å². The highest BCUT2D eigenvalue weighted by Gasteiger charge is 2.28. The molecule has 0 radical (unpaired) electrons. The van der Waals surface area contributed by atoms with Gasteiger partial charge in [-0.3, -0.25) is 0 Å². The highest BCUT2D eigenvalue weighted by molar-refractivity contribution is 9.10. The van der Waals surface area contributed by atoms with E-state index in [1.807, 2.05) is 30.3 Å². The lowest BCUT2D eigenvalue weighted by molar-refractivity contribution is -0.150. The number of nitrogens with zero attached hydrogens (tertiary/aromatic N) is 2. The Kier molecular flexibility index (Phi) is 7.36. The topological polar surface area (TPSA) is 60.9 Å². The van der Waals surface area contributed by atoms with Gasteiger partial charge >= 0.3 is 5.97 Å². The lowest BCUT2D eigenvalue weighted by atomic mass is 9.94. The van der Waals surface area contributed by atoms with Crippen molar-refractivity contribution in [2.24, 2.45) is 0 Å². The Labute approximate surface area is 185 Å². The molecule has 0 atom stereocenters. The van der Waals surface area contributed by atoms with Crippen molar-refractivity contribution < 1.29 is 19.1 Å². The first-order valence-corrected chi connectivity index (χ1v) is 11.4. The Morgan fingerprint density at radius 2 is 1.60 bits per heavy atom. The molecule has 1 aliphatic carbocycles. The van der Waals surface area contributed by atoms with Crippen LogP contribution in [0.15, 0.2) is 53.1 Å². The summed E-state index contributed by atoms with van der Waals surface area (Å²) < 4.78 is 13.3. The SMILES string of the molecule is O=C(ON1CCC(OC2CCC(Oc3cc(Br)ccn3)CC2)CC1)c1ccccc1. The summed E-state index contributed by atoms with van der Waals surface area (Å²) in [4.78, 5) is 22.0. The average molecular weight is 475 g/mol. The summed E-state index contributed by atoms with van der Waals surface area (Å²) in [5.74, 6) is 0.374. The van der Waals surface area contributed by atoms with E-state index >= 15 is 0 Å². The van der Waals surface area contributed by atoms with Gasteiger partial charge in [0.05, 0.1) is 17.8 Å². The fourth-order valence-electron chi connectivity index (χ4n) is 3.98. The number of aromatic nitrogens is 1. The van der Waals surface area contributed by atoms with E-state index in [1.54, 1.807) is 23.4 Å². The van der Waals surface area contributed by atoms with Crippen LogP contribution in [0.3, 0.4) is 0 Å². The van der Waals surface area contributed by atoms with Crippen LogP contribution in [0.1, 0.15) is 48.9 Å². The van der Waals surface area contributed by atoms with E-state index in [1.165, 1.54) is 0 Å². The van der Waals surface area contributed by atoms with Crippen molar-refractivity contribution in [2.45, 2.75) is 56.8 Å². The predicted octanol–water partition coefficient (Wildman–Crippen LogP) is 4.79. The van der Waals surface area contributed by atoms with Gasteiger partial charge in [-0.1, -0.05) is 34.1 Å². The summed E-state index contributed by atoms with van der Waals surface area (Å²) in [5.41, 5.74) is 0.577. The molecule has 1 saturated heterocycles. The molecule has 2 aliphatic rings. The van der Waals surface area contributed by atoms with E-state index in [0.717, 1.165) is 43.0 Å². The summed E-state index contributed by atoms with van der Waals surface area (Å²) in [6.07, 6.45) is 8.17. The van der Waals surface area contributed by atoms with Crippen LogP contribution in [0, 0.1) is 0 Å². The number of carbonyl (C=O) groups excluding carboxylic acids is 1. The molecule has 6 nitrogen and oxygen atoms in total. The minimum atomic E-state index is -0.298. The fourth-order valence-corrected chi connectivity index (χ4v) is 4.30. The smallest absolute Gasteiger partial charge is 0.357 e. The number of hydrogen-bond acceptors (Lipinski definition) is 6. The Hall–Kier alpha value is -1.96. The van der Waals surface area contributed by atoms with E-state index in [-0.39, 0.29) is 24.3 Å². The monoisotopic (exact) mass is 474 g/mol. The molecule has 1 aromatic carbocycles. The van der Waals surface area contributed by atoms with Crippen molar-refractivity contribution >= 4 is 21.9 Å². The number of carbonyl (C=O) groups is 1. The zero-order chi connectivity index (χ0) is 20.8. The number of benzene rings is 1. The molecule has 2 fully saturated rings. The van der Waals surface area contributed by atoms with Crippen molar-refractivity contribution in [1.82, 2.24) is 10.0 Å². The predicted molar refractivity (Wildman–Crippen MR) is 116 cm³/mol. The molecule has 0 bridgehead atoms. The highest BCUT2D eigenvalue weighted by atomic mass is 79.9. The van der Waals surface area contributed by atoms with Crippen molar-refractivity contribution in [3.63, 3.8) is 0 Å². The Balaban J connectivity index is 1.15. The van der Waals surface area contributed by atoms with Crippen molar-refractivity contribution in [3.8, 4) is 5.88 Å². The molecule has 0 spiro atoms. The van der Waals surface area contributed by atoms with Crippen LogP contribution in [0.2, 0.25) is 0 Å². The number of hydrogen-bond donors (Lipinski definition) is 0. The first-order chi connectivity index (χ1) is 14.7. The quantitative estimate of drug-likeness (QED) is 0.599. The van der Waals surface area contributed by atoms with Gasteiger partial charge in [-0.2, -0.15) is 0 Å². The Morgan fingerprint density at radius 1 is 0.933 bits per heavy atom. The zero-order valence-electron chi connectivity index (χ0n) is 16.9. The standard InChI is InChI=1S/C23H27BrN2O4/c24-18-10-13-25-22(16-18)29-20-8-6-19(7-9-20)28-21-11-14-26(15-12-21)30-23(27)17-4-2-1-3-5-17/h1-5,10,13,16,19-21H,6-9,11-12,14-15H2. The van der Waals surface area contributed by atoms with Crippen LogP contribution in [-0.4, -0.2) is 47.4 Å². The summed E-state index contributed by atoms with van der Waals surface area (Å²) in [6, 6.07) is 12.9. The molecule has 1 aromatic heterocycles. The first-order valence-electron chi connectivity index (χ1n) is 10.6. The molecule has 7 heteroatoms. The van der Waals surface area contributed by atoms with Crippen molar-refractivity contribution in [2.75, 3.05) is 13.1 Å². The summed E-state index contributed by atoms with van der Waals surface area (Å²) in [7, 11) is 0. The van der Waals surface area contributed by atoms with Crippen LogP contribution < -0.4 is 4.74 Å². The normalized spacial score (nSPS) is 23.1. The molecule has 4 rings (SSSR count). The van der Waals surface area contributed by atoms with E-state index in [9.17, 15) is 4.79 Å². The zero-order valence-corrected chi connectivity index (χ0v) is 18.5. The summed E-state index contributed by atoms with van der Waals surface area (Å²) in [6.45, 7) is 1.41. The van der Waals surface area contributed by atoms with Gasteiger partial charge in [0.15, 0.2) is 0 Å². The largest absolute Gasteiger partial charge is 0.474 e. The molecule has 30 heavy (non-hydrogen) atoms. The fraction of sp³-hybridized carbons (Fsp3) is 0.478. The second-order valence-corrected chi connectivity index (χ2v) is 8.75. The molecule has 0 amide bonds. The maximum absolute atomic E-state index is 12.2. The van der Waals surface area contributed by atoms with Gasteiger partial charge in [0.2, 0.25) is 5.88 Å². The van der Waals surface area contributed by atoms with Crippen molar-refractivity contribution in [3.05, 3.63) is 58.7 Å². The Morgan fingerprint density at radius 3 is 2.30 bits per heavy atom. The molecule has 1 saturated carbocycles. The number of pyridine rings is 1. The van der Waals surface area contributed by atoms with Crippen LogP contribution in [-0.2, 0) is 9.57 Å². The number of piperidine rings is 1. The number of rotatable bonds is 6. The lowest BCUT2D eigenvalue weighted by Crippen LogP contribution is -2.40. The number of hydroxylamine groups is 2. The van der Waals surface area contributed by atoms with Gasteiger partial charge in [-0.15, -0.1) is 5.06 Å². The second-order valence-electron chi connectivity index (χ2n) is 7.84. The van der Waals surface area contributed by atoms with E-state index in [0.29, 0.717) is 24.5 Å². The third-order valence-corrected chi connectivity index (χ3v) is 6.11. The second kappa shape index (κ2) is 10.4. The molecule has 2 heterocycles. The first kappa shape index (κ1) is 21.3. The number of halogens is 1. The molecule has 160 valence electrons. The van der Waals surface area contributed by atoms with Crippen molar-refractivity contribution in [1.29, 1.82) is 0 Å². The van der Waals surface area contributed by atoms with Gasteiger partial charge in [-0.25, -0.2) is 9.78 Å². The van der Waals surface area contributed by atoms with Gasteiger partial charge in [-0.05, 0) is 56.7 Å². The molecule has 1 aliphatic heterocycles. The van der Waals surface area contributed by atoms with Crippen LogP contribution >= 0.6 is 15.9 Å². The van der Waals surface area contributed by atoms with Gasteiger partial charge < -0.3 is 14.3 Å². The highest BCUT2D eigenvalue weighted by Crippen LogP contribution is 2.28. The van der Waals surface area contributed by atoms with Gasteiger partial charge in [0.1, 0.15) is 6.10 Å². The third kappa shape index (κ3) is 6.03. The summed E-state index contributed by atoms with van der Waals surface area (Å²) in [5, 5.41) is 1.75. The average Bonchev–Trinajstić information content (AvgIpc) is 2.77. The minimum Gasteiger partial charge on any atom is -0.474 e. The van der Waals surface area contributed by atoms with Gasteiger partial charge in [0.25, 0.3) is 0 Å². The van der Waals surface area contributed by atoms with E-state index in [4.69, 9.17) is 14.3 Å². The van der Waals surface area contributed by atoms with Crippen LogP contribution in [0.25, 0.3) is 0 Å². The molecular weight excluding hydrogens is 448 g/mol. The van der Waals surface area contributed by atoms with Crippen LogP contribution in [0.5, 0.6) is 5.88 Å². The maximum Gasteiger partial charge on any atom is 0.357 e.